The van der Waals surface area contributed by atoms with E-state index in [0.29, 0.717) is 0 Å². The van der Waals surface area contributed by atoms with Gasteiger partial charge in [0.25, 0.3) is 0 Å². The van der Waals surface area contributed by atoms with Gasteiger partial charge >= 0.3 is 0 Å². The van der Waals surface area contributed by atoms with Crippen molar-refractivity contribution in [3.8, 4) is 11.1 Å². The molecule has 2 aromatic rings. The first-order chi connectivity index (χ1) is 10.1. The Bertz CT molecular complexity index is 582. The topological polar surface area (TPSA) is 58.9 Å². The van der Waals surface area contributed by atoms with Crippen LogP contribution in [0.3, 0.4) is 0 Å². The number of rotatable bonds is 3. The minimum Gasteiger partial charge on any atom is -0.211 e. The van der Waals surface area contributed by atoms with Crippen LogP contribution in [0, 0.1) is 0 Å². The van der Waals surface area contributed by atoms with Crippen molar-refractivity contribution >= 4 is 12.2 Å². The lowest BCUT2D eigenvalue weighted by atomic mass is 10.1. The average Bonchev–Trinajstić information content (AvgIpc) is 2.49. The van der Waals surface area contributed by atoms with E-state index in [2.05, 4.69) is 58.5 Å². The van der Waals surface area contributed by atoms with Gasteiger partial charge in [0.2, 0.25) is 12.2 Å². The molecule has 0 atom stereocenters. The molecule has 0 bridgehead atoms. The van der Waals surface area contributed by atoms with Crippen LogP contribution >= 0.6 is 0 Å². The van der Waals surface area contributed by atoms with Crippen molar-refractivity contribution in [2.45, 2.75) is 19.5 Å². The standard InChI is InChI=1S/C12H10.C5H6N2O2/c1-3-7-11(8-4-1)12-9-5-2-6-10-12;1-5(2,6-3-8)7-4-9/h1-10H;1-2H3. The predicted molar refractivity (Wildman–Crippen MR) is 82.2 cm³/mol. The van der Waals surface area contributed by atoms with Crippen molar-refractivity contribution in [1.82, 2.24) is 0 Å². The molecule has 4 heteroatoms. The predicted octanol–water partition coefficient (Wildman–Crippen LogP) is 3.75. The van der Waals surface area contributed by atoms with Crippen LogP contribution in [0.15, 0.2) is 70.6 Å². The highest BCUT2D eigenvalue weighted by Gasteiger charge is 2.12. The highest BCUT2D eigenvalue weighted by Crippen LogP contribution is 2.17. The highest BCUT2D eigenvalue weighted by atomic mass is 16.1. The Morgan fingerprint density at radius 2 is 1.05 bits per heavy atom. The van der Waals surface area contributed by atoms with E-state index in [4.69, 9.17) is 0 Å². The van der Waals surface area contributed by atoms with Crippen LogP contribution in [-0.4, -0.2) is 17.8 Å². The second kappa shape index (κ2) is 8.39. The number of carbonyl (C=O) groups excluding carboxylic acids is 2. The van der Waals surface area contributed by atoms with Gasteiger partial charge in [0, 0.05) is 0 Å². The molecule has 0 unspecified atom stereocenters. The number of benzene rings is 2. The van der Waals surface area contributed by atoms with Crippen LogP contribution in [0.25, 0.3) is 11.1 Å². The minimum absolute atomic E-state index is 0.997. The summed E-state index contributed by atoms with van der Waals surface area (Å²) < 4.78 is 0. The Balaban J connectivity index is 0.000000222. The molecule has 2 rings (SSSR count). The third kappa shape index (κ3) is 6.26. The van der Waals surface area contributed by atoms with Gasteiger partial charge in [0.1, 0.15) is 0 Å². The maximum Gasteiger partial charge on any atom is 0.237 e. The van der Waals surface area contributed by atoms with E-state index in [1.807, 2.05) is 12.1 Å². The quantitative estimate of drug-likeness (QED) is 0.635. The van der Waals surface area contributed by atoms with Crippen LogP contribution in [0.5, 0.6) is 0 Å². The normalized spacial score (nSPS) is 9.43. The minimum atomic E-state index is -0.997. The van der Waals surface area contributed by atoms with Crippen LogP contribution in [0.4, 0.5) is 0 Å². The fraction of sp³-hybridized carbons (Fsp3) is 0.176. The van der Waals surface area contributed by atoms with Gasteiger partial charge in [-0.25, -0.2) is 9.59 Å². The molecule has 106 valence electrons. The lowest BCUT2D eigenvalue weighted by molar-refractivity contribution is 0.508. The molecule has 0 spiro atoms. The van der Waals surface area contributed by atoms with Gasteiger partial charge in [-0.15, -0.1) is 0 Å². The summed E-state index contributed by atoms with van der Waals surface area (Å²) in [6, 6.07) is 20.8. The number of hydrogen-bond acceptors (Lipinski definition) is 4. The summed E-state index contributed by atoms with van der Waals surface area (Å²) in [7, 11) is 0. The number of aliphatic imine (C=N–C) groups is 2. The third-order valence-corrected chi connectivity index (χ3v) is 2.52. The second-order valence-corrected chi connectivity index (χ2v) is 4.63. The molecule has 0 aliphatic rings. The lowest BCUT2D eigenvalue weighted by Crippen LogP contribution is -2.11. The van der Waals surface area contributed by atoms with E-state index in [-0.39, 0.29) is 0 Å². The maximum atomic E-state index is 9.61. The molecule has 2 aromatic carbocycles. The van der Waals surface area contributed by atoms with Crippen LogP contribution in [0.1, 0.15) is 13.8 Å². The van der Waals surface area contributed by atoms with Crippen LogP contribution in [-0.2, 0) is 9.59 Å². The lowest BCUT2D eigenvalue weighted by Gasteiger charge is -2.05. The van der Waals surface area contributed by atoms with E-state index < -0.39 is 5.66 Å². The summed E-state index contributed by atoms with van der Waals surface area (Å²) in [6.07, 6.45) is 2.59. The number of isocyanates is 2. The van der Waals surface area contributed by atoms with Crippen molar-refractivity contribution in [1.29, 1.82) is 0 Å². The van der Waals surface area contributed by atoms with Crippen molar-refractivity contribution in [3.63, 3.8) is 0 Å². The Morgan fingerprint density at radius 3 is 1.33 bits per heavy atom. The summed E-state index contributed by atoms with van der Waals surface area (Å²) in [4.78, 5) is 25.7. The zero-order valence-corrected chi connectivity index (χ0v) is 12.0. The van der Waals surface area contributed by atoms with E-state index in [1.165, 1.54) is 37.1 Å². The zero-order valence-electron chi connectivity index (χ0n) is 12.0. The van der Waals surface area contributed by atoms with Crippen molar-refractivity contribution in [3.05, 3.63) is 60.7 Å². The number of hydrogen-bond donors (Lipinski definition) is 0. The molecule has 0 saturated heterocycles. The Hall–Kier alpha value is -2.80. The van der Waals surface area contributed by atoms with Gasteiger partial charge in [-0.2, -0.15) is 9.98 Å². The first kappa shape index (κ1) is 16.3. The smallest absolute Gasteiger partial charge is 0.211 e. The largest absolute Gasteiger partial charge is 0.237 e. The SMILES string of the molecule is CC(C)(N=C=O)N=C=O.c1ccc(-c2ccccc2)cc1. The van der Waals surface area contributed by atoms with E-state index >= 15 is 0 Å². The molecular formula is C17H16N2O2. The first-order valence-electron chi connectivity index (χ1n) is 6.37. The first-order valence-corrected chi connectivity index (χ1v) is 6.37. The van der Waals surface area contributed by atoms with E-state index in [9.17, 15) is 9.59 Å². The molecule has 0 saturated carbocycles. The summed E-state index contributed by atoms with van der Waals surface area (Å²) in [5.74, 6) is 0. The molecule has 0 amide bonds. The molecule has 4 nitrogen and oxygen atoms in total. The average molecular weight is 280 g/mol. The number of nitrogens with zero attached hydrogens (tertiary/aromatic N) is 2. The van der Waals surface area contributed by atoms with Gasteiger partial charge in [0.05, 0.1) is 0 Å². The summed E-state index contributed by atoms with van der Waals surface area (Å²) >= 11 is 0. The molecule has 0 aromatic heterocycles. The molecule has 21 heavy (non-hydrogen) atoms. The Kier molecular flexibility index (Phi) is 6.49. The summed E-state index contributed by atoms with van der Waals surface area (Å²) in [5, 5.41) is 0. The van der Waals surface area contributed by atoms with Gasteiger partial charge in [-0.1, -0.05) is 60.7 Å². The van der Waals surface area contributed by atoms with Crippen LogP contribution < -0.4 is 0 Å². The summed E-state index contributed by atoms with van der Waals surface area (Å²) in [5.41, 5.74) is 1.56. The van der Waals surface area contributed by atoms with Crippen molar-refractivity contribution in [2.24, 2.45) is 9.98 Å². The highest BCUT2D eigenvalue weighted by molar-refractivity contribution is 5.62. The molecule has 0 fully saturated rings. The summed E-state index contributed by atoms with van der Waals surface area (Å²) in [6.45, 7) is 3.01. The van der Waals surface area contributed by atoms with Gasteiger partial charge in [0.15, 0.2) is 5.66 Å². The third-order valence-electron chi connectivity index (χ3n) is 2.52. The molecule has 0 N–H and O–H groups in total. The van der Waals surface area contributed by atoms with Gasteiger partial charge < -0.3 is 0 Å². The van der Waals surface area contributed by atoms with Gasteiger partial charge in [-0.05, 0) is 25.0 Å². The molecular weight excluding hydrogens is 264 g/mol. The molecule has 0 aliphatic carbocycles. The van der Waals surface area contributed by atoms with Gasteiger partial charge in [-0.3, -0.25) is 0 Å². The van der Waals surface area contributed by atoms with Crippen molar-refractivity contribution < 1.29 is 9.59 Å². The molecule has 0 aliphatic heterocycles. The Labute approximate surface area is 123 Å². The second-order valence-electron chi connectivity index (χ2n) is 4.63. The Morgan fingerprint density at radius 1 is 0.714 bits per heavy atom. The molecule has 0 radical (unpaired) electrons. The monoisotopic (exact) mass is 280 g/mol. The van der Waals surface area contributed by atoms with Crippen LogP contribution in [0.2, 0.25) is 0 Å². The van der Waals surface area contributed by atoms with E-state index in [1.54, 1.807) is 0 Å². The van der Waals surface area contributed by atoms with Crippen molar-refractivity contribution in [2.75, 3.05) is 0 Å². The zero-order chi connectivity index (χ0) is 15.6. The fourth-order valence-corrected chi connectivity index (χ4v) is 1.51. The fourth-order valence-electron chi connectivity index (χ4n) is 1.51. The van der Waals surface area contributed by atoms with E-state index in [0.717, 1.165) is 0 Å². The molecule has 0 heterocycles. The maximum absolute atomic E-state index is 9.61.